The highest BCUT2D eigenvalue weighted by Crippen LogP contribution is 2.28. The second-order valence-electron chi connectivity index (χ2n) is 7.10. The highest BCUT2D eigenvalue weighted by atomic mass is 127. The number of aromatic nitrogens is 2. The van der Waals surface area contributed by atoms with Crippen LogP contribution in [0.1, 0.15) is 61.9 Å². The summed E-state index contributed by atoms with van der Waals surface area (Å²) in [6.07, 6.45) is 10.8. The third-order valence-corrected chi connectivity index (χ3v) is 5.36. The Morgan fingerprint density at radius 1 is 1.16 bits per heavy atom. The predicted molar refractivity (Wildman–Crippen MR) is 117 cm³/mol. The zero-order chi connectivity index (χ0) is 17.4. The van der Waals surface area contributed by atoms with Crippen molar-refractivity contribution in [3.05, 3.63) is 17.0 Å². The van der Waals surface area contributed by atoms with E-state index in [0.29, 0.717) is 0 Å². The molecule has 1 fully saturated rings. The van der Waals surface area contributed by atoms with E-state index in [1.54, 1.807) is 0 Å². The number of aliphatic imine (C=N–C) groups is 1. The third kappa shape index (κ3) is 7.15. The molecule has 1 saturated carbocycles. The van der Waals surface area contributed by atoms with E-state index < -0.39 is 0 Å². The first-order valence-corrected chi connectivity index (χ1v) is 9.55. The molecule has 0 unspecified atom stereocenters. The van der Waals surface area contributed by atoms with E-state index >= 15 is 0 Å². The van der Waals surface area contributed by atoms with Gasteiger partial charge in [0, 0.05) is 32.9 Å². The third-order valence-electron chi connectivity index (χ3n) is 5.36. The maximum atomic E-state index is 4.47. The first-order chi connectivity index (χ1) is 11.6. The molecule has 0 radical (unpaired) electrons. The van der Waals surface area contributed by atoms with Gasteiger partial charge < -0.3 is 10.6 Å². The van der Waals surface area contributed by atoms with Crippen molar-refractivity contribution in [1.29, 1.82) is 0 Å². The highest BCUT2D eigenvalue weighted by molar-refractivity contribution is 14.0. The second kappa shape index (κ2) is 11.8. The summed E-state index contributed by atoms with van der Waals surface area (Å²) in [6, 6.07) is 0. The summed E-state index contributed by atoms with van der Waals surface area (Å²) in [5.74, 6) is 1.92. The molecule has 0 spiro atoms. The van der Waals surface area contributed by atoms with Crippen LogP contribution >= 0.6 is 24.0 Å². The van der Waals surface area contributed by atoms with Gasteiger partial charge in [-0.2, -0.15) is 5.10 Å². The number of guanidine groups is 1. The normalized spacial score (nSPS) is 15.3. The molecule has 5 nitrogen and oxygen atoms in total. The van der Waals surface area contributed by atoms with Crippen LogP contribution in [0.5, 0.6) is 0 Å². The van der Waals surface area contributed by atoms with E-state index in [1.807, 2.05) is 18.8 Å². The fourth-order valence-corrected chi connectivity index (χ4v) is 3.77. The highest BCUT2D eigenvalue weighted by Gasteiger charge is 2.14. The predicted octanol–water partition coefficient (Wildman–Crippen LogP) is 3.72. The minimum absolute atomic E-state index is 0. The lowest BCUT2D eigenvalue weighted by atomic mass is 10.0. The Morgan fingerprint density at radius 3 is 2.44 bits per heavy atom. The van der Waals surface area contributed by atoms with Crippen LogP contribution in [0.15, 0.2) is 4.99 Å². The molecule has 0 atom stereocenters. The van der Waals surface area contributed by atoms with Crippen molar-refractivity contribution in [2.75, 3.05) is 20.1 Å². The van der Waals surface area contributed by atoms with Crippen LogP contribution in [-0.2, 0) is 13.5 Å². The largest absolute Gasteiger partial charge is 0.356 e. The summed E-state index contributed by atoms with van der Waals surface area (Å²) in [5.41, 5.74) is 3.73. The molecular formula is C19H36IN5. The minimum Gasteiger partial charge on any atom is -0.356 e. The molecule has 1 aliphatic rings. The van der Waals surface area contributed by atoms with Crippen LogP contribution < -0.4 is 10.6 Å². The Balaban J connectivity index is 0.00000312. The lowest BCUT2D eigenvalue weighted by Crippen LogP contribution is -2.38. The van der Waals surface area contributed by atoms with Gasteiger partial charge in [-0.05, 0) is 38.2 Å². The fraction of sp³-hybridized carbons (Fsp3) is 0.789. The van der Waals surface area contributed by atoms with Crippen molar-refractivity contribution in [3.8, 4) is 0 Å². The van der Waals surface area contributed by atoms with Crippen molar-refractivity contribution < 1.29 is 0 Å². The van der Waals surface area contributed by atoms with Crippen LogP contribution in [0.2, 0.25) is 0 Å². The Labute approximate surface area is 170 Å². The SMILES string of the molecule is CN=C(NCCCCC1CCCC1)NCCc1c(C)nn(C)c1C.I. The molecule has 144 valence electrons. The monoisotopic (exact) mass is 461 g/mol. The van der Waals surface area contributed by atoms with E-state index in [0.717, 1.165) is 37.1 Å². The van der Waals surface area contributed by atoms with E-state index in [-0.39, 0.29) is 24.0 Å². The summed E-state index contributed by atoms with van der Waals surface area (Å²) >= 11 is 0. The van der Waals surface area contributed by atoms with Crippen LogP contribution in [0.3, 0.4) is 0 Å². The van der Waals surface area contributed by atoms with E-state index in [9.17, 15) is 0 Å². The number of hydrogen-bond donors (Lipinski definition) is 2. The number of aryl methyl sites for hydroxylation is 2. The molecule has 0 aromatic carbocycles. The standard InChI is InChI=1S/C19H35N5.HI/c1-15-18(16(2)24(4)23-15)12-14-22-19(20-3)21-13-8-7-11-17-9-5-6-10-17;/h17H,5-14H2,1-4H3,(H2,20,21,22);1H. The average molecular weight is 461 g/mol. The minimum atomic E-state index is 0. The number of halogens is 1. The number of hydrogen-bond acceptors (Lipinski definition) is 2. The van der Waals surface area contributed by atoms with Crippen LogP contribution in [-0.4, -0.2) is 35.9 Å². The van der Waals surface area contributed by atoms with Crippen molar-refractivity contribution in [2.45, 2.75) is 65.2 Å². The van der Waals surface area contributed by atoms with Gasteiger partial charge in [0.2, 0.25) is 0 Å². The van der Waals surface area contributed by atoms with Crippen LogP contribution in [0.25, 0.3) is 0 Å². The lowest BCUT2D eigenvalue weighted by molar-refractivity contribution is 0.472. The zero-order valence-corrected chi connectivity index (χ0v) is 18.7. The molecule has 1 aromatic rings. The zero-order valence-electron chi connectivity index (χ0n) is 16.4. The van der Waals surface area contributed by atoms with Gasteiger partial charge in [0.25, 0.3) is 0 Å². The number of unbranched alkanes of at least 4 members (excludes halogenated alkanes) is 1. The first-order valence-electron chi connectivity index (χ1n) is 9.55. The summed E-state index contributed by atoms with van der Waals surface area (Å²) in [6.45, 7) is 6.11. The van der Waals surface area contributed by atoms with Gasteiger partial charge in [0.05, 0.1) is 5.69 Å². The second-order valence-corrected chi connectivity index (χ2v) is 7.10. The molecule has 0 aliphatic heterocycles. The molecule has 2 N–H and O–H groups in total. The van der Waals surface area contributed by atoms with Gasteiger partial charge in [-0.1, -0.05) is 38.5 Å². The van der Waals surface area contributed by atoms with Crippen molar-refractivity contribution in [1.82, 2.24) is 20.4 Å². The molecule has 0 saturated heterocycles. The molecule has 1 aliphatic carbocycles. The van der Waals surface area contributed by atoms with Gasteiger partial charge in [0.15, 0.2) is 5.96 Å². The van der Waals surface area contributed by atoms with Gasteiger partial charge in [-0.15, -0.1) is 24.0 Å². The first kappa shape index (κ1) is 22.3. The summed E-state index contributed by atoms with van der Waals surface area (Å²) in [4.78, 5) is 4.32. The molecule has 6 heteroatoms. The van der Waals surface area contributed by atoms with E-state index in [4.69, 9.17) is 0 Å². The Morgan fingerprint density at radius 2 is 1.84 bits per heavy atom. The number of nitrogens with one attached hydrogen (secondary N) is 2. The molecule has 0 bridgehead atoms. The Kier molecular flexibility index (Phi) is 10.5. The van der Waals surface area contributed by atoms with Crippen molar-refractivity contribution in [2.24, 2.45) is 18.0 Å². The smallest absolute Gasteiger partial charge is 0.190 e. The van der Waals surface area contributed by atoms with Gasteiger partial charge in [-0.25, -0.2) is 0 Å². The summed E-state index contributed by atoms with van der Waals surface area (Å²) < 4.78 is 1.96. The molecular weight excluding hydrogens is 425 g/mol. The van der Waals surface area contributed by atoms with Crippen LogP contribution in [0, 0.1) is 19.8 Å². The van der Waals surface area contributed by atoms with Gasteiger partial charge in [0.1, 0.15) is 0 Å². The lowest BCUT2D eigenvalue weighted by Gasteiger charge is -2.13. The quantitative estimate of drug-likeness (QED) is 0.269. The Bertz CT molecular complexity index is 532. The number of rotatable bonds is 8. The summed E-state index contributed by atoms with van der Waals surface area (Å²) in [7, 11) is 3.85. The van der Waals surface area contributed by atoms with Crippen LogP contribution in [0.4, 0.5) is 0 Å². The molecule has 0 amide bonds. The van der Waals surface area contributed by atoms with E-state index in [1.165, 1.54) is 56.2 Å². The molecule has 1 aromatic heterocycles. The summed E-state index contributed by atoms with van der Waals surface area (Å²) in [5, 5.41) is 11.3. The average Bonchev–Trinajstić information content (AvgIpc) is 3.16. The number of nitrogens with zero attached hydrogens (tertiary/aromatic N) is 3. The topological polar surface area (TPSA) is 54.2 Å². The van der Waals surface area contributed by atoms with Gasteiger partial charge in [-0.3, -0.25) is 9.67 Å². The maximum absolute atomic E-state index is 4.47. The molecule has 2 rings (SSSR count). The van der Waals surface area contributed by atoms with E-state index in [2.05, 4.69) is 34.6 Å². The van der Waals surface area contributed by atoms with Crippen molar-refractivity contribution in [3.63, 3.8) is 0 Å². The van der Waals surface area contributed by atoms with Gasteiger partial charge >= 0.3 is 0 Å². The van der Waals surface area contributed by atoms with Crippen molar-refractivity contribution >= 4 is 29.9 Å². The fourth-order valence-electron chi connectivity index (χ4n) is 3.77. The Hall–Kier alpha value is -0.790. The molecule has 25 heavy (non-hydrogen) atoms. The maximum Gasteiger partial charge on any atom is 0.190 e. The molecule has 1 heterocycles.